The average molecular weight is 357 g/mol. The molecule has 1 aromatic carbocycles. The van der Waals surface area contributed by atoms with Crippen LogP contribution in [0.25, 0.3) is 0 Å². The van der Waals surface area contributed by atoms with Crippen molar-refractivity contribution in [3.05, 3.63) is 34.1 Å². The van der Waals surface area contributed by atoms with Crippen molar-refractivity contribution in [2.24, 2.45) is 0 Å². The molecule has 1 aromatic rings. The summed E-state index contributed by atoms with van der Waals surface area (Å²) in [4.78, 5) is 2.55. The number of ether oxygens (including phenoxy) is 1. The minimum Gasteiger partial charge on any atom is -0.374 e. The van der Waals surface area contributed by atoms with Crippen molar-refractivity contribution in [1.82, 2.24) is 10.2 Å². The lowest BCUT2D eigenvalue weighted by Crippen LogP contribution is -2.49. The third-order valence-corrected chi connectivity index (χ3v) is 5.16. The fourth-order valence-corrected chi connectivity index (χ4v) is 3.61. The second-order valence-corrected chi connectivity index (χ2v) is 6.90. The molecule has 21 heavy (non-hydrogen) atoms. The van der Waals surface area contributed by atoms with Crippen LogP contribution in [0.3, 0.4) is 0 Å². The maximum atomic E-state index is 13.3. The van der Waals surface area contributed by atoms with E-state index < -0.39 is 0 Å². The molecule has 2 aliphatic rings. The first kappa shape index (κ1) is 15.4. The third kappa shape index (κ3) is 3.65. The zero-order valence-electron chi connectivity index (χ0n) is 12.3. The van der Waals surface area contributed by atoms with Crippen LogP contribution in [-0.4, -0.2) is 43.3 Å². The van der Waals surface area contributed by atoms with Gasteiger partial charge in [0.2, 0.25) is 0 Å². The van der Waals surface area contributed by atoms with Gasteiger partial charge < -0.3 is 10.1 Å². The maximum absolute atomic E-state index is 13.3. The Balaban J connectivity index is 1.51. The highest BCUT2D eigenvalue weighted by Gasteiger charge is 2.32. The Morgan fingerprint density at radius 1 is 1.52 bits per heavy atom. The summed E-state index contributed by atoms with van der Waals surface area (Å²) < 4.78 is 19.7. The molecule has 0 amide bonds. The molecule has 2 fully saturated rings. The minimum absolute atomic E-state index is 0.182. The Kier molecular flexibility index (Phi) is 4.94. The standard InChI is InChI=1S/C16H22BrFN2O/c1-11(12-4-5-16(18)15(17)7-12)19-8-14-9-20-6-2-3-13(20)10-21-14/h4-5,7,11,13-14,19H,2-3,6,8-10H2,1H3. The van der Waals surface area contributed by atoms with Gasteiger partial charge in [-0.15, -0.1) is 0 Å². The topological polar surface area (TPSA) is 24.5 Å². The predicted molar refractivity (Wildman–Crippen MR) is 84.9 cm³/mol. The number of nitrogens with one attached hydrogen (secondary N) is 1. The quantitative estimate of drug-likeness (QED) is 0.896. The summed E-state index contributed by atoms with van der Waals surface area (Å²) in [6, 6.07) is 6.00. The van der Waals surface area contributed by atoms with Crippen molar-refractivity contribution in [3.8, 4) is 0 Å². The molecule has 0 radical (unpaired) electrons. The van der Waals surface area contributed by atoms with Gasteiger partial charge in [0.15, 0.2) is 0 Å². The van der Waals surface area contributed by atoms with Gasteiger partial charge in [-0.1, -0.05) is 6.07 Å². The van der Waals surface area contributed by atoms with Crippen LogP contribution >= 0.6 is 15.9 Å². The Morgan fingerprint density at radius 2 is 2.38 bits per heavy atom. The van der Waals surface area contributed by atoms with Gasteiger partial charge in [0.25, 0.3) is 0 Å². The number of nitrogens with zero attached hydrogens (tertiary/aromatic N) is 1. The van der Waals surface area contributed by atoms with Gasteiger partial charge >= 0.3 is 0 Å². The lowest BCUT2D eigenvalue weighted by molar-refractivity contribution is -0.0477. The molecule has 2 heterocycles. The van der Waals surface area contributed by atoms with Crippen LogP contribution in [0.1, 0.15) is 31.4 Å². The molecule has 3 rings (SSSR count). The van der Waals surface area contributed by atoms with Crippen molar-refractivity contribution in [1.29, 1.82) is 0 Å². The Morgan fingerprint density at radius 3 is 3.19 bits per heavy atom. The molecule has 2 saturated heterocycles. The first-order chi connectivity index (χ1) is 10.1. The molecule has 5 heteroatoms. The van der Waals surface area contributed by atoms with Crippen LogP contribution in [0.15, 0.2) is 22.7 Å². The van der Waals surface area contributed by atoms with Crippen LogP contribution in [0.4, 0.5) is 4.39 Å². The molecule has 1 N–H and O–H groups in total. The van der Waals surface area contributed by atoms with Crippen LogP contribution < -0.4 is 5.32 Å². The number of hydrogen-bond acceptors (Lipinski definition) is 3. The second kappa shape index (κ2) is 6.73. The van der Waals surface area contributed by atoms with E-state index in [1.54, 1.807) is 0 Å². The van der Waals surface area contributed by atoms with E-state index in [9.17, 15) is 4.39 Å². The predicted octanol–water partition coefficient (Wildman–Crippen LogP) is 3.10. The normalized spacial score (nSPS) is 27.6. The van der Waals surface area contributed by atoms with Crippen molar-refractivity contribution in [2.75, 3.05) is 26.2 Å². The van der Waals surface area contributed by atoms with Crippen molar-refractivity contribution >= 4 is 15.9 Å². The summed E-state index contributed by atoms with van der Waals surface area (Å²) in [5, 5.41) is 3.50. The van der Waals surface area contributed by atoms with E-state index in [1.165, 1.54) is 25.5 Å². The molecule has 0 saturated carbocycles. The molecule has 0 bridgehead atoms. The minimum atomic E-state index is -0.221. The fraction of sp³-hybridized carbons (Fsp3) is 0.625. The average Bonchev–Trinajstić information content (AvgIpc) is 2.95. The van der Waals surface area contributed by atoms with Crippen LogP contribution in [-0.2, 0) is 4.74 Å². The summed E-state index contributed by atoms with van der Waals surface area (Å²) in [6.45, 7) is 6.03. The van der Waals surface area contributed by atoms with Gasteiger partial charge in [-0.3, -0.25) is 4.90 Å². The van der Waals surface area contributed by atoms with E-state index in [2.05, 4.69) is 33.1 Å². The zero-order chi connectivity index (χ0) is 14.8. The molecule has 0 spiro atoms. The van der Waals surface area contributed by atoms with E-state index >= 15 is 0 Å². The highest BCUT2D eigenvalue weighted by atomic mass is 79.9. The molecule has 3 unspecified atom stereocenters. The summed E-state index contributed by atoms with van der Waals surface area (Å²) in [5.74, 6) is -0.221. The van der Waals surface area contributed by atoms with Crippen molar-refractivity contribution in [3.63, 3.8) is 0 Å². The van der Waals surface area contributed by atoms with Crippen molar-refractivity contribution < 1.29 is 9.13 Å². The molecule has 116 valence electrons. The van der Waals surface area contributed by atoms with E-state index in [0.717, 1.165) is 25.3 Å². The number of fused-ring (bicyclic) bond motifs is 1. The Hall–Kier alpha value is -0.490. The van der Waals surface area contributed by atoms with E-state index in [-0.39, 0.29) is 18.0 Å². The van der Waals surface area contributed by atoms with Gasteiger partial charge in [-0.25, -0.2) is 4.39 Å². The highest BCUT2D eigenvalue weighted by molar-refractivity contribution is 9.10. The summed E-state index contributed by atoms with van der Waals surface area (Å²) >= 11 is 3.24. The molecule has 2 aliphatic heterocycles. The number of hydrogen-bond donors (Lipinski definition) is 1. The Labute approximate surface area is 134 Å². The second-order valence-electron chi connectivity index (χ2n) is 6.05. The monoisotopic (exact) mass is 356 g/mol. The first-order valence-electron chi connectivity index (χ1n) is 7.67. The van der Waals surface area contributed by atoms with Crippen molar-refractivity contribution in [2.45, 2.75) is 38.0 Å². The number of benzene rings is 1. The zero-order valence-corrected chi connectivity index (χ0v) is 13.9. The number of halogens is 2. The maximum Gasteiger partial charge on any atom is 0.137 e. The van der Waals surface area contributed by atoms with Crippen LogP contribution in [0.2, 0.25) is 0 Å². The lowest BCUT2D eigenvalue weighted by atomic mass is 10.1. The van der Waals surface area contributed by atoms with E-state index in [1.807, 2.05) is 12.1 Å². The first-order valence-corrected chi connectivity index (χ1v) is 8.47. The Bertz CT molecular complexity index is 499. The molecule has 3 atom stereocenters. The fourth-order valence-electron chi connectivity index (χ4n) is 3.22. The van der Waals surface area contributed by atoms with Crippen LogP contribution in [0, 0.1) is 5.82 Å². The summed E-state index contributed by atoms with van der Waals surface area (Å²) in [5.41, 5.74) is 1.08. The molecular weight excluding hydrogens is 335 g/mol. The highest BCUT2D eigenvalue weighted by Crippen LogP contribution is 2.24. The number of rotatable bonds is 4. The molecule has 0 aromatic heterocycles. The van der Waals surface area contributed by atoms with Gasteiger partial charge in [0.1, 0.15) is 5.82 Å². The number of morpholine rings is 1. The van der Waals surface area contributed by atoms with Gasteiger partial charge in [-0.2, -0.15) is 0 Å². The molecular formula is C16H22BrFN2O. The third-order valence-electron chi connectivity index (χ3n) is 4.56. The molecule has 0 aliphatic carbocycles. The summed E-state index contributed by atoms with van der Waals surface area (Å²) in [7, 11) is 0. The summed E-state index contributed by atoms with van der Waals surface area (Å²) in [6.07, 6.45) is 2.83. The lowest BCUT2D eigenvalue weighted by Gasteiger charge is -2.35. The van der Waals surface area contributed by atoms with Gasteiger partial charge in [0, 0.05) is 25.2 Å². The van der Waals surface area contributed by atoms with E-state index in [4.69, 9.17) is 4.74 Å². The molecule has 3 nitrogen and oxygen atoms in total. The largest absolute Gasteiger partial charge is 0.374 e. The smallest absolute Gasteiger partial charge is 0.137 e. The van der Waals surface area contributed by atoms with E-state index in [0.29, 0.717) is 10.5 Å². The SMILES string of the molecule is CC(NCC1CN2CCCC2CO1)c1ccc(F)c(Br)c1. The van der Waals surface area contributed by atoms with Gasteiger partial charge in [-0.05, 0) is 59.9 Å². The van der Waals surface area contributed by atoms with Crippen LogP contribution in [0.5, 0.6) is 0 Å². The van der Waals surface area contributed by atoms with Gasteiger partial charge in [0.05, 0.1) is 17.2 Å².